The standard InChI is InChI=1S/C14H9F3N6S/c1-6-8(5-18-22(6)2)12-19-20-14-23(12)21-13(24-14)7-3-9(15)11(17)10(16)4-7/h3-5H,1-2H3. The van der Waals surface area contributed by atoms with Crippen LogP contribution in [0.3, 0.4) is 0 Å². The lowest BCUT2D eigenvalue weighted by Gasteiger charge is -1.99. The predicted molar refractivity (Wildman–Crippen MR) is 80.9 cm³/mol. The fourth-order valence-corrected chi connectivity index (χ4v) is 3.13. The smallest absolute Gasteiger partial charge is 0.235 e. The van der Waals surface area contributed by atoms with Crippen molar-refractivity contribution in [2.24, 2.45) is 7.05 Å². The molecule has 122 valence electrons. The number of hydrogen-bond donors (Lipinski definition) is 0. The number of aromatic nitrogens is 6. The molecule has 0 aliphatic carbocycles. The van der Waals surface area contributed by atoms with Crippen LogP contribution in [0.25, 0.3) is 26.9 Å². The lowest BCUT2D eigenvalue weighted by Crippen LogP contribution is -1.96. The molecule has 0 amide bonds. The molecule has 0 saturated heterocycles. The Hall–Kier alpha value is -2.75. The Labute approximate surface area is 137 Å². The van der Waals surface area contributed by atoms with Crippen LogP contribution < -0.4 is 0 Å². The second kappa shape index (κ2) is 5.13. The molecule has 24 heavy (non-hydrogen) atoms. The summed E-state index contributed by atoms with van der Waals surface area (Å²) in [5, 5.41) is 16.9. The Morgan fingerprint density at radius 3 is 2.42 bits per heavy atom. The molecule has 4 aromatic rings. The highest BCUT2D eigenvalue weighted by atomic mass is 32.1. The second-order valence-electron chi connectivity index (χ2n) is 5.15. The van der Waals surface area contributed by atoms with Gasteiger partial charge in [-0.1, -0.05) is 11.3 Å². The first-order valence-corrected chi connectivity index (χ1v) is 7.63. The number of rotatable bonds is 2. The van der Waals surface area contributed by atoms with Gasteiger partial charge in [-0.3, -0.25) is 4.68 Å². The van der Waals surface area contributed by atoms with E-state index in [1.807, 2.05) is 6.92 Å². The van der Waals surface area contributed by atoms with Gasteiger partial charge in [-0.25, -0.2) is 13.2 Å². The number of hydrogen-bond acceptors (Lipinski definition) is 5. The third-order valence-corrected chi connectivity index (χ3v) is 4.65. The Bertz CT molecular complexity index is 1060. The van der Waals surface area contributed by atoms with E-state index in [9.17, 15) is 13.2 Å². The molecule has 0 radical (unpaired) electrons. The van der Waals surface area contributed by atoms with Crippen LogP contribution in [-0.2, 0) is 7.05 Å². The van der Waals surface area contributed by atoms with Crippen LogP contribution in [0, 0.1) is 24.4 Å². The van der Waals surface area contributed by atoms with Crippen molar-refractivity contribution in [1.82, 2.24) is 29.6 Å². The van der Waals surface area contributed by atoms with E-state index < -0.39 is 17.5 Å². The first-order valence-electron chi connectivity index (χ1n) is 6.82. The molecule has 6 nitrogen and oxygen atoms in total. The van der Waals surface area contributed by atoms with Crippen molar-refractivity contribution in [3.8, 4) is 22.0 Å². The van der Waals surface area contributed by atoms with Gasteiger partial charge in [0.05, 0.1) is 11.8 Å². The summed E-state index contributed by atoms with van der Waals surface area (Å²) in [4.78, 5) is 0.452. The summed E-state index contributed by atoms with van der Waals surface area (Å²) in [7, 11) is 1.80. The highest BCUT2D eigenvalue weighted by molar-refractivity contribution is 7.19. The average Bonchev–Trinajstić information content (AvgIpc) is 3.21. The van der Waals surface area contributed by atoms with E-state index in [1.54, 1.807) is 17.9 Å². The zero-order chi connectivity index (χ0) is 17.0. The van der Waals surface area contributed by atoms with Gasteiger partial charge in [0.1, 0.15) is 5.01 Å². The zero-order valence-corrected chi connectivity index (χ0v) is 13.3. The zero-order valence-electron chi connectivity index (χ0n) is 12.5. The predicted octanol–water partition coefficient (Wildman–Crippen LogP) is 2.98. The van der Waals surface area contributed by atoms with E-state index in [1.165, 1.54) is 4.52 Å². The summed E-state index contributed by atoms with van der Waals surface area (Å²) in [5.41, 5.74) is 1.76. The molecule has 4 rings (SSSR count). The number of nitrogens with zero attached hydrogens (tertiary/aromatic N) is 6. The number of halogens is 3. The lowest BCUT2D eigenvalue weighted by molar-refractivity contribution is 0.447. The maximum Gasteiger partial charge on any atom is 0.235 e. The molecule has 0 fully saturated rings. The fourth-order valence-electron chi connectivity index (χ4n) is 2.30. The van der Waals surface area contributed by atoms with Crippen LogP contribution in [0.15, 0.2) is 18.3 Å². The molecule has 0 saturated carbocycles. The molecule has 0 N–H and O–H groups in total. The highest BCUT2D eigenvalue weighted by Crippen LogP contribution is 2.30. The van der Waals surface area contributed by atoms with E-state index in [2.05, 4.69) is 20.4 Å². The van der Waals surface area contributed by atoms with Gasteiger partial charge >= 0.3 is 0 Å². The molecule has 1 aromatic carbocycles. The van der Waals surface area contributed by atoms with E-state index in [0.29, 0.717) is 15.8 Å². The topological polar surface area (TPSA) is 60.9 Å². The normalized spacial score (nSPS) is 11.5. The van der Waals surface area contributed by atoms with Crippen molar-refractivity contribution in [2.45, 2.75) is 6.92 Å². The minimum Gasteiger partial charge on any atom is -0.272 e. The molecule has 0 unspecified atom stereocenters. The second-order valence-corrected chi connectivity index (χ2v) is 6.10. The summed E-state index contributed by atoms with van der Waals surface area (Å²) in [5.74, 6) is -3.56. The number of benzene rings is 1. The van der Waals surface area contributed by atoms with Gasteiger partial charge in [-0.15, -0.1) is 10.2 Å². The van der Waals surface area contributed by atoms with Crippen molar-refractivity contribution in [3.63, 3.8) is 0 Å². The van der Waals surface area contributed by atoms with E-state index in [4.69, 9.17) is 0 Å². The van der Waals surface area contributed by atoms with E-state index >= 15 is 0 Å². The molecule has 0 aliphatic rings. The van der Waals surface area contributed by atoms with Gasteiger partial charge in [-0.2, -0.15) is 14.7 Å². The SMILES string of the molecule is Cc1c(-c2nnc3sc(-c4cc(F)c(F)c(F)c4)nn23)cnn1C. The van der Waals surface area contributed by atoms with Crippen LogP contribution in [-0.4, -0.2) is 29.6 Å². The van der Waals surface area contributed by atoms with Gasteiger partial charge in [0.15, 0.2) is 23.3 Å². The van der Waals surface area contributed by atoms with Crippen LogP contribution in [0.2, 0.25) is 0 Å². The average molecular weight is 350 g/mol. The highest BCUT2D eigenvalue weighted by Gasteiger charge is 2.19. The summed E-state index contributed by atoms with van der Waals surface area (Å²) in [6, 6.07) is 1.80. The van der Waals surface area contributed by atoms with Crippen molar-refractivity contribution < 1.29 is 13.2 Å². The third kappa shape index (κ3) is 2.10. The van der Waals surface area contributed by atoms with E-state index in [-0.39, 0.29) is 5.56 Å². The van der Waals surface area contributed by atoms with Crippen LogP contribution in [0.1, 0.15) is 5.69 Å². The van der Waals surface area contributed by atoms with Gasteiger partial charge < -0.3 is 0 Å². The van der Waals surface area contributed by atoms with Gasteiger partial charge in [0.25, 0.3) is 0 Å². The molecule has 0 bridgehead atoms. The summed E-state index contributed by atoms with van der Waals surface area (Å²) in [6.45, 7) is 1.88. The molecule has 10 heteroatoms. The van der Waals surface area contributed by atoms with Crippen molar-refractivity contribution in [2.75, 3.05) is 0 Å². The number of aryl methyl sites for hydroxylation is 1. The summed E-state index contributed by atoms with van der Waals surface area (Å²) >= 11 is 1.10. The summed E-state index contributed by atoms with van der Waals surface area (Å²) < 4.78 is 43.1. The van der Waals surface area contributed by atoms with E-state index in [0.717, 1.165) is 34.7 Å². The Kier molecular flexibility index (Phi) is 3.17. The minimum atomic E-state index is -1.51. The monoisotopic (exact) mass is 350 g/mol. The van der Waals surface area contributed by atoms with Crippen molar-refractivity contribution in [1.29, 1.82) is 0 Å². The van der Waals surface area contributed by atoms with Crippen LogP contribution in [0.5, 0.6) is 0 Å². The first-order chi connectivity index (χ1) is 11.5. The Balaban J connectivity index is 1.87. The van der Waals surface area contributed by atoms with Gasteiger partial charge in [-0.05, 0) is 19.1 Å². The maximum absolute atomic E-state index is 13.4. The van der Waals surface area contributed by atoms with Crippen LogP contribution in [0.4, 0.5) is 13.2 Å². The van der Waals surface area contributed by atoms with Crippen molar-refractivity contribution in [3.05, 3.63) is 41.5 Å². The quantitative estimate of drug-likeness (QED) is 0.522. The Morgan fingerprint density at radius 2 is 1.79 bits per heavy atom. The van der Waals surface area contributed by atoms with Gasteiger partial charge in [0, 0.05) is 18.3 Å². The molecular weight excluding hydrogens is 341 g/mol. The Morgan fingerprint density at radius 1 is 1.08 bits per heavy atom. The first kappa shape index (κ1) is 14.8. The molecular formula is C14H9F3N6S. The molecule has 3 heterocycles. The van der Waals surface area contributed by atoms with Gasteiger partial charge in [0.2, 0.25) is 4.96 Å². The number of fused-ring (bicyclic) bond motifs is 1. The largest absolute Gasteiger partial charge is 0.272 e. The fraction of sp³-hybridized carbons (Fsp3) is 0.143. The molecule has 0 spiro atoms. The third-order valence-electron chi connectivity index (χ3n) is 3.70. The summed E-state index contributed by atoms with van der Waals surface area (Å²) in [6.07, 6.45) is 1.64. The van der Waals surface area contributed by atoms with Crippen molar-refractivity contribution >= 4 is 16.3 Å². The molecule has 3 aromatic heterocycles. The van der Waals surface area contributed by atoms with Crippen LogP contribution >= 0.6 is 11.3 Å². The minimum absolute atomic E-state index is 0.135. The molecule has 0 atom stereocenters. The maximum atomic E-state index is 13.4. The lowest BCUT2D eigenvalue weighted by atomic mass is 10.2. The molecule has 0 aliphatic heterocycles.